The van der Waals surface area contributed by atoms with Gasteiger partial charge in [-0.15, -0.1) is 0 Å². The van der Waals surface area contributed by atoms with Crippen molar-refractivity contribution in [1.82, 2.24) is 23.8 Å². The maximum atomic E-state index is 13.0. The third-order valence-corrected chi connectivity index (χ3v) is 5.46. The number of nitrogens with one attached hydrogen (secondary N) is 1. The van der Waals surface area contributed by atoms with Crippen LogP contribution in [0.15, 0.2) is 41.7 Å². The van der Waals surface area contributed by atoms with Crippen molar-refractivity contribution in [2.24, 2.45) is 14.1 Å². The Morgan fingerprint density at radius 3 is 2.67 bits per heavy atom. The number of nitrogens with zero attached hydrogens (tertiary/aromatic N) is 5. The van der Waals surface area contributed by atoms with E-state index in [0.717, 1.165) is 5.56 Å². The number of carbonyl (C=O) groups excluding carboxylic acids is 2. The molecule has 3 aromatic rings. The molecular weight excluding hydrogens is 384 g/mol. The molecule has 0 aliphatic carbocycles. The van der Waals surface area contributed by atoms with Gasteiger partial charge in [-0.1, -0.05) is 0 Å². The third kappa shape index (κ3) is 3.42. The molecule has 0 saturated heterocycles. The van der Waals surface area contributed by atoms with Gasteiger partial charge in [-0.3, -0.25) is 19.1 Å². The number of hydrogen-bond donors (Lipinski definition) is 1. The molecule has 1 aliphatic rings. The van der Waals surface area contributed by atoms with Crippen LogP contribution in [0, 0.1) is 0 Å². The first-order valence-electron chi connectivity index (χ1n) is 9.84. The van der Waals surface area contributed by atoms with E-state index in [2.05, 4.69) is 10.4 Å². The SMILES string of the molecule is CCn1cc(NC(=O)c2c3c(cn(C)c2=O)CN(C(=O)c2cccn2C)CC3)cn1. The van der Waals surface area contributed by atoms with Crippen molar-refractivity contribution in [3.05, 3.63) is 69.7 Å². The molecule has 0 fully saturated rings. The molecule has 0 bridgehead atoms. The number of aryl methyl sites for hydroxylation is 3. The summed E-state index contributed by atoms with van der Waals surface area (Å²) < 4.78 is 4.88. The number of carbonyl (C=O) groups is 2. The third-order valence-electron chi connectivity index (χ3n) is 5.46. The molecule has 0 atom stereocenters. The minimum absolute atomic E-state index is 0.0695. The lowest BCUT2D eigenvalue weighted by Gasteiger charge is -2.30. The highest BCUT2D eigenvalue weighted by molar-refractivity contribution is 6.05. The van der Waals surface area contributed by atoms with E-state index in [1.165, 1.54) is 4.57 Å². The van der Waals surface area contributed by atoms with Gasteiger partial charge in [-0.05, 0) is 36.6 Å². The molecular formula is C21H24N6O3. The second kappa shape index (κ2) is 7.66. The molecule has 156 valence electrons. The van der Waals surface area contributed by atoms with E-state index in [1.54, 1.807) is 45.9 Å². The van der Waals surface area contributed by atoms with E-state index in [-0.39, 0.29) is 17.0 Å². The highest BCUT2D eigenvalue weighted by atomic mass is 16.2. The fourth-order valence-corrected chi connectivity index (χ4v) is 3.84. The zero-order valence-electron chi connectivity index (χ0n) is 17.3. The van der Waals surface area contributed by atoms with E-state index in [0.29, 0.717) is 43.0 Å². The highest BCUT2D eigenvalue weighted by Crippen LogP contribution is 2.23. The Labute approximate surface area is 173 Å². The van der Waals surface area contributed by atoms with Gasteiger partial charge in [0.05, 0.1) is 11.9 Å². The molecule has 1 aliphatic heterocycles. The number of anilines is 1. The summed E-state index contributed by atoms with van der Waals surface area (Å²) in [5.74, 6) is -0.523. The van der Waals surface area contributed by atoms with Gasteiger partial charge in [0, 0.05) is 52.3 Å². The zero-order valence-corrected chi connectivity index (χ0v) is 17.3. The number of rotatable bonds is 4. The lowest BCUT2D eigenvalue weighted by molar-refractivity contribution is 0.0724. The zero-order chi connectivity index (χ0) is 21.4. The van der Waals surface area contributed by atoms with Gasteiger partial charge in [0.2, 0.25) is 0 Å². The van der Waals surface area contributed by atoms with Crippen LogP contribution in [0.1, 0.15) is 38.9 Å². The van der Waals surface area contributed by atoms with Crippen molar-refractivity contribution in [3.8, 4) is 0 Å². The Morgan fingerprint density at radius 1 is 1.20 bits per heavy atom. The monoisotopic (exact) mass is 408 g/mol. The average molecular weight is 408 g/mol. The van der Waals surface area contributed by atoms with Gasteiger partial charge in [0.15, 0.2) is 0 Å². The van der Waals surface area contributed by atoms with Crippen LogP contribution in [0.5, 0.6) is 0 Å². The molecule has 0 unspecified atom stereocenters. The normalized spacial score (nSPS) is 13.2. The van der Waals surface area contributed by atoms with Crippen LogP contribution in [0.3, 0.4) is 0 Å². The van der Waals surface area contributed by atoms with E-state index in [4.69, 9.17) is 0 Å². The first-order valence-corrected chi connectivity index (χ1v) is 9.84. The summed E-state index contributed by atoms with van der Waals surface area (Å²) in [5.41, 5.74) is 2.43. The average Bonchev–Trinajstić information content (AvgIpc) is 3.36. The fraction of sp³-hybridized carbons (Fsp3) is 0.333. The minimum Gasteiger partial charge on any atom is -0.347 e. The summed E-state index contributed by atoms with van der Waals surface area (Å²) >= 11 is 0. The van der Waals surface area contributed by atoms with Crippen LogP contribution < -0.4 is 10.9 Å². The molecule has 0 spiro atoms. The van der Waals surface area contributed by atoms with E-state index < -0.39 is 5.91 Å². The lowest BCUT2D eigenvalue weighted by Crippen LogP contribution is -2.40. The van der Waals surface area contributed by atoms with Crippen molar-refractivity contribution in [1.29, 1.82) is 0 Å². The molecule has 9 nitrogen and oxygen atoms in total. The minimum atomic E-state index is -0.453. The van der Waals surface area contributed by atoms with Crippen LogP contribution in [-0.2, 0) is 33.6 Å². The smallest absolute Gasteiger partial charge is 0.270 e. The molecule has 30 heavy (non-hydrogen) atoms. The van der Waals surface area contributed by atoms with Gasteiger partial charge in [0.25, 0.3) is 17.4 Å². The second-order valence-corrected chi connectivity index (χ2v) is 7.44. The molecule has 0 aromatic carbocycles. The Kier molecular flexibility index (Phi) is 5.03. The van der Waals surface area contributed by atoms with Gasteiger partial charge in [-0.25, -0.2) is 0 Å². The van der Waals surface area contributed by atoms with E-state index >= 15 is 0 Å². The quantitative estimate of drug-likeness (QED) is 0.706. The molecule has 4 heterocycles. The Bertz CT molecular complexity index is 1190. The highest BCUT2D eigenvalue weighted by Gasteiger charge is 2.28. The van der Waals surface area contributed by atoms with Crippen molar-refractivity contribution < 1.29 is 9.59 Å². The van der Waals surface area contributed by atoms with Crippen LogP contribution in [0.2, 0.25) is 0 Å². The van der Waals surface area contributed by atoms with Crippen LogP contribution >= 0.6 is 0 Å². The molecule has 3 aromatic heterocycles. The van der Waals surface area contributed by atoms with Crippen LogP contribution in [0.4, 0.5) is 5.69 Å². The molecule has 9 heteroatoms. The summed E-state index contributed by atoms with van der Waals surface area (Å²) in [6, 6.07) is 3.62. The number of hydrogen-bond acceptors (Lipinski definition) is 4. The summed E-state index contributed by atoms with van der Waals surface area (Å²) in [6.07, 6.45) is 7.27. The topological polar surface area (TPSA) is 94.2 Å². The maximum absolute atomic E-state index is 13.0. The second-order valence-electron chi connectivity index (χ2n) is 7.44. The first kappa shape index (κ1) is 19.7. The standard InChI is InChI=1S/C21H24N6O3/c1-4-27-13-15(10-22-27)23-19(28)18-16-7-9-26(12-14(16)11-25(3)21(18)30)20(29)17-6-5-8-24(17)2/h5-6,8,10-11,13H,4,7,9,12H2,1-3H3,(H,23,28). The molecule has 0 saturated carbocycles. The van der Waals surface area contributed by atoms with Crippen molar-refractivity contribution in [2.45, 2.75) is 26.4 Å². The largest absolute Gasteiger partial charge is 0.347 e. The van der Waals surface area contributed by atoms with Gasteiger partial charge in [0.1, 0.15) is 11.3 Å². The van der Waals surface area contributed by atoms with E-state index in [1.807, 2.05) is 26.2 Å². The predicted octanol–water partition coefficient (Wildman–Crippen LogP) is 1.39. The first-order chi connectivity index (χ1) is 14.4. The molecule has 0 radical (unpaired) electrons. The van der Waals surface area contributed by atoms with Crippen molar-refractivity contribution >= 4 is 17.5 Å². The predicted molar refractivity (Wildman–Crippen MR) is 111 cm³/mol. The molecule has 2 amide bonds. The lowest BCUT2D eigenvalue weighted by atomic mass is 9.96. The number of fused-ring (bicyclic) bond motifs is 1. The number of aromatic nitrogens is 4. The van der Waals surface area contributed by atoms with Crippen LogP contribution in [-0.4, -0.2) is 42.2 Å². The van der Waals surface area contributed by atoms with Crippen molar-refractivity contribution in [2.75, 3.05) is 11.9 Å². The molecule has 4 rings (SSSR count). The maximum Gasteiger partial charge on any atom is 0.270 e. The summed E-state index contributed by atoms with van der Waals surface area (Å²) in [5, 5.41) is 6.92. The Morgan fingerprint density at radius 2 is 2.00 bits per heavy atom. The van der Waals surface area contributed by atoms with Gasteiger partial charge < -0.3 is 19.4 Å². The summed E-state index contributed by atoms with van der Waals surface area (Å²) in [7, 11) is 3.45. The van der Waals surface area contributed by atoms with Crippen molar-refractivity contribution in [3.63, 3.8) is 0 Å². The van der Waals surface area contributed by atoms with Gasteiger partial charge in [-0.2, -0.15) is 5.10 Å². The summed E-state index contributed by atoms with van der Waals surface area (Å²) in [6.45, 7) is 3.42. The van der Waals surface area contributed by atoms with Gasteiger partial charge >= 0.3 is 0 Å². The number of amides is 2. The Balaban J connectivity index is 1.64. The molecule has 1 N–H and O–H groups in total. The number of pyridine rings is 1. The summed E-state index contributed by atoms with van der Waals surface area (Å²) in [4.78, 5) is 40.4. The van der Waals surface area contributed by atoms with Crippen LogP contribution in [0.25, 0.3) is 0 Å². The fourth-order valence-electron chi connectivity index (χ4n) is 3.84. The van der Waals surface area contributed by atoms with E-state index in [9.17, 15) is 14.4 Å². The Hall–Kier alpha value is -3.62.